The van der Waals surface area contributed by atoms with Crippen LogP contribution in [-0.2, 0) is 23.0 Å². The maximum atomic E-state index is 11.0. The molecule has 0 aromatic heterocycles. The van der Waals surface area contributed by atoms with E-state index in [1.165, 1.54) is 0 Å². The minimum absolute atomic E-state index is 2.07. The minimum atomic E-state index is -5.36. The highest BCUT2D eigenvalue weighted by molar-refractivity contribution is 7.47. The van der Waals surface area contributed by atoms with E-state index in [0.717, 1.165) is 0 Å². The molecule has 14 nitrogen and oxygen atoms in total. The van der Waals surface area contributed by atoms with Gasteiger partial charge in [-0.05, 0) is 0 Å². The van der Waals surface area contributed by atoms with Gasteiger partial charge in [-0.1, -0.05) is 0 Å². The first-order valence-corrected chi connectivity index (χ1v) is 8.15. The maximum absolute atomic E-state index is 11.0. The second kappa shape index (κ2) is 7.88. The Hall–Kier alpha value is -0.470. The van der Waals surface area contributed by atoms with Crippen molar-refractivity contribution in [3.05, 3.63) is 0 Å². The van der Waals surface area contributed by atoms with Crippen LogP contribution in [-0.4, -0.2) is 81.8 Å². The van der Waals surface area contributed by atoms with Gasteiger partial charge in [-0.25, -0.2) is 13.9 Å². The molecule has 0 rings (SSSR count). The molecule has 0 aromatic carbocycles. The molecule has 9 N–H and O–H groups in total. The Balaban J connectivity index is 4.83. The number of carbonyl (C=O) groups is 1. The topological polar surface area (TPSA) is 252 Å². The van der Waals surface area contributed by atoms with Crippen molar-refractivity contribution in [1.82, 2.24) is 0 Å². The number of carbonyl (C=O) groups excluding carboxylic acids is 1. The van der Waals surface area contributed by atoms with Crippen molar-refractivity contribution in [2.45, 2.75) is 30.7 Å². The van der Waals surface area contributed by atoms with Crippen molar-refractivity contribution in [1.29, 1.82) is 0 Å². The molecule has 16 heteroatoms. The molecule has 0 saturated heterocycles. The number of aliphatic hydroxyl groups excluding tert-OH is 5. The molecule has 0 heterocycles. The van der Waals surface area contributed by atoms with E-state index in [9.17, 15) is 29.2 Å². The lowest BCUT2D eigenvalue weighted by atomic mass is 10.0. The fourth-order valence-electron chi connectivity index (χ4n) is 1.07. The van der Waals surface area contributed by atoms with Gasteiger partial charge in [0, 0.05) is 0 Å². The monoisotopic (exact) mass is 372 g/mol. The van der Waals surface area contributed by atoms with Crippen molar-refractivity contribution < 1.29 is 68.1 Å². The predicted octanol–water partition coefficient (Wildman–Crippen LogP) is -4.51. The Kier molecular flexibility index (Phi) is 7.71. The van der Waals surface area contributed by atoms with Crippen LogP contribution in [0.25, 0.3) is 0 Å². The highest BCUT2D eigenvalue weighted by atomic mass is 31.2. The summed E-state index contributed by atoms with van der Waals surface area (Å²) in [6.07, 6.45) is -13.4. The van der Waals surface area contributed by atoms with Gasteiger partial charge in [0.2, 0.25) is 0 Å². The third kappa shape index (κ3) is 7.69. The molecule has 0 aliphatic carbocycles. The smallest absolute Gasteiger partial charge is 0.387 e. The van der Waals surface area contributed by atoms with Crippen molar-refractivity contribution in [2.24, 2.45) is 0 Å². The minimum Gasteiger partial charge on any atom is -0.387 e. The summed E-state index contributed by atoms with van der Waals surface area (Å²) in [4.78, 5) is 44.3. The van der Waals surface area contributed by atoms with Gasteiger partial charge >= 0.3 is 21.6 Å². The Morgan fingerprint density at radius 3 is 1.59 bits per heavy atom. The predicted molar refractivity (Wildman–Crippen MR) is 61.3 cm³/mol. The fraction of sp³-hybridized carbons (Fsp3) is 0.833. The highest BCUT2D eigenvalue weighted by Crippen LogP contribution is 2.38. The molecule has 0 radical (unpaired) electrons. The van der Waals surface area contributed by atoms with Crippen LogP contribution < -0.4 is 0 Å². The Morgan fingerprint density at radius 2 is 1.23 bits per heavy atom. The summed E-state index contributed by atoms with van der Waals surface area (Å²) in [6, 6.07) is 0. The molecule has 5 atom stereocenters. The van der Waals surface area contributed by atoms with E-state index >= 15 is 0 Å². The van der Waals surface area contributed by atoms with Gasteiger partial charge in [0.25, 0.3) is 0 Å². The van der Waals surface area contributed by atoms with Gasteiger partial charge in [-0.2, -0.15) is 0 Å². The number of phosphoric acid groups is 2. The molecule has 1 unspecified atom stereocenters. The Morgan fingerprint density at radius 1 is 0.773 bits per heavy atom. The summed E-state index contributed by atoms with van der Waals surface area (Å²) >= 11 is 0. The molecule has 132 valence electrons. The summed E-state index contributed by atoms with van der Waals surface area (Å²) in [5, 5.41) is 46.0. The summed E-state index contributed by atoms with van der Waals surface area (Å²) < 4.78 is 27.7. The molecule has 22 heavy (non-hydrogen) atoms. The zero-order valence-electron chi connectivity index (χ0n) is 10.3. The molecule has 0 amide bonds. The largest absolute Gasteiger partial charge is 0.527 e. The lowest BCUT2D eigenvalue weighted by Crippen LogP contribution is -2.51. The lowest BCUT2D eigenvalue weighted by molar-refractivity contribution is -0.189. The second-order valence-corrected chi connectivity index (χ2v) is 6.16. The molecule has 0 bridgehead atoms. The van der Waals surface area contributed by atoms with E-state index in [2.05, 4.69) is 9.05 Å². The summed E-state index contributed by atoms with van der Waals surface area (Å²) in [6.45, 7) is 0. The van der Waals surface area contributed by atoms with Crippen LogP contribution in [0.2, 0.25) is 0 Å². The van der Waals surface area contributed by atoms with Gasteiger partial charge in [-0.3, -0.25) is 14.3 Å². The first-order chi connectivity index (χ1) is 9.65. The van der Waals surface area contributed by atoms with E-state index in [1.54, 1.807) is 0 Å². The van der Waals surface area contributed by atoms with Gasteiger partial charge in [0.1, 0.15) is 18.3 Å². The third-order valence-corrected chi connectivity index (χ3v) is 2.92. The van der Waals surface area contributed by atoms with Gasteiger partial charge in [0.05, 0.1) is 0 Å². The fourth-order valence-corrected chi connectivity index (χ4v) is 1.82. The van der Waals surface area contributed by atoms with Crippen molar-refractivity contribution in [2.75, 3.05) is 0 Å². The van der Waals surface area contributed by atoms with Crippen LogP contribution in [0.15, 0.2) is 0 Å². The molecular weight excluding hydrogens is 358 g/mol. The lowest BCUT2D eigenvalue weighted by Gasteiger charge is -2.28. The number of aliphatic hydroxyl groups is 5. The molecule has 0 aliphatic heterocycles. The van der Waals surface area contributed by atoms with Crippen LogP contribution in [0.4, 0.5) is 0 Å². The quantitative estimate of drug-likeness (QED) is 0.144. The standard InChI is InChI=1S/C6H14O14P2/c7-1(3(9)5(11)19-21(13,14)15)2(8)4(10)6(12)20-22(16,17)18/h1-5,7-11H,(H2,13,14,15)(H2,16,17,18)/t1-,2+,3+,4-,5?/m0/s1. The summed E-state index contributed by atoms with van der Waals surface area (Å²) in [5.74, 6) is -2.07. The number of rotatable bonds is 8. The summed E-state index contributed by atoms with van der Waals surface area (Å²) in [5.41, 5.74) is 0. The van der Waals surface area contributed by atoms with E-state index in [1.807, 2.05) is 0 Å². The average molecular weight is 372 g/mol. The van der Waals surface area contributed by atoms with Crippen LogP contribution in [0.5, 0.6) is 0 Å². The van der Waals surface area contributed by atoms with Crippen LogP contribution >= 0.6 is 15.6 Å². The zero-order chi connectivity index (χ0) is 17.9. The SMILES string of the molecule is O=C(OP(=O)(O)O)[C@@H](O)[C@H](O)[C@H](O)[C@@H](O)C(O)OP(=O)(O)O. The van der Waals surface area contributed by atoms with E-state index in [-0.39, 0.29) is 0 Å². The van der Waals surface area contributed by atoms with Crippen molar-refractivity contribution in [3.8, 4) is 0 Å². The maximum Gasteiger partial charge on any atom is 0.527 e. The van der Waals surface area contributed by atoms with Gasteiger partial charge in [-0.15, -0.1) is 0 Å². The average Bonchev–Trinajstić information content (AvgIpc) is 2.30. The Labute approximate surface area is 121 Å². The van der Waals surface area contributed by atoms with E-state index in [0.29, 0.717) is 0 Å². The molecule has 0 saturated carbocycles. The third-order valence-electron chi connectivity index (χ3n) is 2.01. The number of hydrogen-bond acceptors (Lipinski definition) is 10. The second-order valence-electron chi connectivity index (χ2n) is 3.80. The van der Waals surface area contributed by atoms with Gasteiger partial charge in [0.15, 0.2) is 12.4 Å². The van der Waals surface area contributed by atoms with Crippen molar-refractivity contribution >= 4 is 21.6 Å². The van der Waals surface area contributed by atoms with E-state index in [4.69, 9.17) is 29.8 Å². The Bertz CT molecular complexity index is 466. The van der Waals surface area contributed by atoms with E-state index < -0.39 is 52.3 Å². The number of phosphoric ester groups is 2. The van der Waals surface area contributed by atoms with Crippen LogP contribution in [0.1, 0.15) is 0 Å². The van der Waals surface area contributed by atoms with Crippen molar-refractivity contribution in [3.63, 3.8) is 0 Å². The first kappa shape index (κ1) is 21.5. The summed E-state index contributed by atoms with van der Waals surface area (Å²) in [7, 11) is -10.6. The first-order valence-electron chi connectivity index (χ1n) is 5.09. The zero-order valence-corrected chi connectivity index (χ0v) is 12.1. The molecular formula is C6H14O14P2. The molecule has 0 aromatic rings. The highest BCUT2D eigenvalue weighted by Gasteiger charge is 2.41. The normalized spacial score (nSPS) is 19.9. The molecule has 0 spiro atoms. The van der Waals surface area contributed by atoms with Gasteiger partial charge < -0.3 is 39.8 Å². The van der Waals surface area contributed by atoms with Crippen LogP contribution in [0, 0.1) is 0 Å². The number of hydrogen-bond donors (Lipinski definition) is 9. The molecule has 0 fully saturated rings. The van der Waals surface area contributed by atoms with Crippen LogP contribution in [0.3, 0.4) is 0 Å². The molecule has 0 aliphatic rings.